The van der Waals surface area contributed by atoms with Crippen molar-refractivity contribution in [3.05, 3.63) is 0 Å². The second kappa shape index (κ2) is 5.09. The van der Waals surface area contributed by atoms with Crippen molar-refractivity contribution in [2.24, 2.45) is 5.41 Å². The molecule has 2 saturated carbocycles. The van der Waals surface area contributed by atoms with Crippen molar-refractivity contribution < 1.29 is 0 Å². The van der Waals surface area contributed by atoms with Gasteiger partial charge in [-0.05, 0) is 43.9 Å². The van der Waals surface area contributed by atoms with Gasteiger partial charge in [-0.3, -0.25) is 0 Å². The second-order valence-electron chi connectivity index (χ2n) is 5.72. The Morgan fingerprint density at radius 2 is 1.73 bits per heavy atom. The number of hydrogen-bond donors (Lipinski definition) is 1. The summed E-state index contributed by atoms with van der Waals surface area (Å²) in [5.41, 5.74) is 0.556. The van der Waals surface area contributed by atoms with E-state index >= 15 is 0 Å². The zero-order valence-corrected chi connectivity index (χ0v) is 10.9. The van der Waals surface area contributed by atoms with E-state index < -0.39 is 0 Å². The zero-order chi connectivity index (χ0) is 10.7. The highest BCUT2D eigenvalue weighted by Crippen LogP contribution is 2.40. The number of nitrogens with zero attached hydrogens (tertiary/aromatic N) is 1. The molecule has 0 spiro atoms. The minimum Gasteiger partial charge on any atom is -0.303 e. The minimum absolute atomic E-state index is 0.556. The van der Waals surface area contributed by atoms with Crippen LogP contribution in [0.4, 0.5) is 0 Å². The average molecular weight is 227 g/mol. The summed E-state index contributed by atoms with van der Waals surface area (Å²) in [7, 11) is 2.33. The van der Waals surface area contributed by atoms with Crippen LogP contribution in [0.25, 0.3) is 0 Å². The summed E-state index contributed by atoms with van der Waals surface area (Å²) < 4.78 is 0. The van der Waals surface area contributed by atoms with Crippen LogP contribution >= 0.6 is 12.6 Å². The molecule has 0 amide bonds. The lowest BCUT2D eigenvalue weighted by Crippen LogP contribution is -2.40. The Kier molecular flexibility index (Phi) is 4.00. The molecule has 1 nitrogen and oxygen atoms in total. The van der Waals surface area contributed by atoms with E-state index in [0.29, 0.717) is 5.41 Å². The molecule has 0 heterocycles. The van der Waals surface area contributed by atoms with Gasteiger partial charge in [0, 0.05) is 12.6 Å². The van der Waals surface area contributed by atoms with E-state index in [2.05, 4.69) is 24.6 Å². The molecule has 0 aromatic carbocycles. The molecule has 0 radical (unpaired) electrons. The van der Waals surface area contributed by atoms with Crippen molar-refractivity contribution in [2.75, 3.05) is 19.3 Å². The molecule has 2 aliphatic carbocycles. The number of hydrogen-bond acceptors (Lipinski definition) is 2. The van der Waals surface area contributed by atoms with Crippen LogP contribution < -0.4 is 0 Å². The first-order valence-electron chi connectivity index (χ1n) is 6.57. The summed E-state index contributed by atoms with van der Waals surface area (Å²) >= 11 is 4.59. The maximum absolute atomic E-state index is 4.59. The maximum Gasteiger partial charge on any atom is 0.00924 e. The van der Waals surface area contributed by atoms with Crippen LogP contribution in [0.3, 0.4) is 0 Å². The fourth-order valence-electron chi connectivity index (χ4n) is 3.49. The van der Waals surface area contributed by atoms with Crippen molar-refractivity contribution >= 4 is 12.6 Å². The van der Waals surface area contributed by atoms with Crippen molar-refractivity contribution in [3.8, 4) is 0 Å². The van der Waals surface area contributed by atoms with Crippen LogP contribution in [0.1, 0.15) is 51.4 Å². The van der Waals surface area contributed by atoms with Gasteiger partial charge in [0.15, 0.2) is 0 Å². The molecule has 0 N–H and O–H groups in total. The summed E-state index contributed by atoms with van der Waals surface area (Å²) in [4.78, 5) is 2.63. The second-order valence-corrected chi connectivity index (χ2v) is 6.03. The highest BCUT2D eigenvalue weighted by atomic mass is 32.1. The molecule has 0 bridgehead atoms. The zero-order valence-electron chi connectivity index (χ0n) is 10.0. The Hall–Kier alpha value is 0.310. The van der Waals surface area contributed by atoms with Crippen LogP contribution in [0.15, 0.2) is 0 Å². The fourth-order valence-corrected chi connectivity index (χ4v) is 3.91. The third-order valence-electron chi connectivity index (χ3n) is 4.53. The summed E-state index contributed by atoms with van der Waals surface area (Å²) in [5.74, 6) is 1.09. The molecule has 2 fully saturated rings. The molecule has 0 unspecified atom stereocenters. The topological polar surface area (TPSA) is 3.24 Å². The molecule has 0 saturated heterocycles. The fraction of sp³-hybridized carbons (Fsp3) is 1.00. The third kappa shape index (κ3) is 2.71. The van der Waals surface area contributed by atoms with E-state index in [-0.39, 0.29) is 0 Å². The Balaban J connectivity index is 1.88. The van der Waals surface area contributed by atoms with Gasteiger partial charge in [-0.25, -0.2) is 0 Å². The first kappa shape index (κ1) is 11.8. The van der Waals surface area contributed by atoms with Gasteiger partial charge in [0.05, 0.1) is 0 Å². The van der Waals surface area contributed by atoms with Crippen LogP contribution in [-0.2, 0) is 0 Å². The number of thiol groups is 1. The summed E-state index contributed by atoms with van der Waals surface area (Å²) in [5, 5.41) is 0. The van der Waals surface area contributed by atoms with Gasteiger partial charge >= 0.3 is 0 Å². The first-order valence-corrected chi connectivity index (χ1v) is 7.20. The molecule has 15 heavy (non-hydrogen) atoms. The van der Waals surface area contributed by atoms with Crippen LogP contribution in [0.2, 0.25) is 0 Å². The van der Waals surface area contributed by atoms with Gasteiger partial charge in [-0.2, -0.15) is 12.6 Å². The molecule has 0 aromatic rings. The van der Waals surface area contributed by atoms with Gasteiger partial charge in [-0.15, -0.1) is 0 Å². The predicted molar refractivity (Wildman–Crippen MR) is 69.6 cm³/mol. The molecular weight excluding hydrogens is 202 g/mol. The molecule has 88 valence electrons. The lowest BCUT2D eigenvalue weighted by molar-refractivity contribution is 0.156. The first-order chi connectivity index (χ1) is 7.26. The van der Waals surface area contributed by atoms with Crippen LogP contribution in [0, 0.1) is 5.41 Å². The van der Waals surface area contributed by atoms with Crippen molar-refractivity contribution in [2.45, 2.75) is 57.4 Å². The summed E-state index contributed by atoms with van der Waals surface area (Å²) in [6.07, 6.45) is 11.4. The van der Waals surface area contributed by atoms with Crippen LogP contribution in [-0.4, -0.2) is 30.3 Å². The van der Waals surface area contributed by atoms with E-state index in [9.17, 15) is 0 Å². The Labute approximate surface area is 100 Å². The number of rotatable bonds is 4. The maximum atomic E-state index is 4.59. The molecule has 2 aliphatic rings. The lowest BCUT2D eigenvalue weighted by Gasteiger charge is -2.35. The van der Waals surface area contributed by atoms with Crippen molar-refractivity contribution in [1.82, 2.24) is 4.90 Å². The standard InChI is InChI=1S/C13H25NS/c1-14(12-6-2-3-7-12)10-13(11-15)8-4-5-9-13/h12,15H,2-11H2,1H3. The minimum atomic E-state index is 0.556. The van der Waals surface area contributed by atoms with E-state index in [4.69, 9.17) is 0 Å². The SMILES string of the molecule is CN(CC1(CS)CCCC1)C1CCCC1. The van der Waals surface area contributed by atoms with Crippen molar-refractivity contribution in [3.63, 3.8) is 0 Å². The highest BCUT2D eigenvalue weighted by molar-refractivity contribution is 7.80. The molecule has 2 heteroatoms. The summed E-state index contributed by atoms with van der Waals surface area (Å²) in [6, 6.07) is 0.877. The molecule has 0 aliphatic heterocycles. The smallest absolute Gasteiger partial charge is 0.00924 e. The Morgan fingerprint density at radius 3 is 2.27 bits per heavy atom. The Morgan fingerprint density at radius 1 is 1.13 bits per heavy atom. The van der Waals surface area contributed by atoms with E-state index in [0.717, 1.165) is 11.8 Å². The van der Waals surface area contributed by atoms with Gasteiger partial charge in [0.1, 0.15) is 0 Å². The molecule has 0 aromatic heterocycles. The van der Waals surface area contributed by atoms with Gasteiger partial charge < -0.3 is 4.90 Å². The Bertz CT molecular complexity index is 193. The monoisotopic (exact) mass is 227 g/mol. The molecule has 0 atom stereocenters. The van der Waals surface area contributed by atoms with Gasteiger partial charge in [-0.1, -0.05) is 25.7 Å². The highest BCUT2D eigenvalue weighted by Gasteiger charge is 2.35. The summed E-state index contributed by atoms with van der Waals surface area (Å²) in [6.45, 7) is 1.29. The van der Waals surface area contributed by atoms with Gasteiger partial charge in [0.2, 0.25) is 0 Å². The quantitative estimate of drug-likeness (QED) is 0.721. The predicted octanol–water partition coefficient (Wildman–Crippen LogP) is 3.35. The van der Waals surface area contributed by atoms with Crippen LogP contribution in [0.5, 0.6) is 0 Å². The van der Waals surface area contributed by atoms with Gasteiger partial charge in [0.25, 0.3) is 0 Å². The van der Waals surface area contributed by atoms with E-state index in [1.807, 2.05) is 0 Å². The molecular formula is C13H25NS. The van der Waals surface area contributed by atoms with Crippen molar-refractivity contribution in [1.29, 1.82) is 0 Å². The average Bonchev–Trinajstić information content (AvgIpc) is 2.88. The molecule has 2 rings (SSSR count). The lowest BCUT2D eigenvalue weighted by atomic mass is 9.87. The van der Waals surface area contributed by atoms with E-state index in [1.165, 1.54) is 57.9 Å². The van der Waals surface area contributed by atoms with E-state index in [1.54, 1.807) is 0 Å². The normalized spacial score (nSPS) is 26.6. The largest absolute Gasteiger partial charge is 0.303 e. The third-order valence-corrected chi connectivity index (χ3v) is 5.20.